The van der Waals surface area contributed by atoms with E-state index in [4.69, 9.17) is 18.1 Å². The van der Waals surface area contributed by atoms with Crippen molar-refractivity contribution in [1.82, 2.24) is 0 Å². The zero-order chi connectivity index (χ0) is 14.8. The third-order valence-corrected chi connectivity index (χ3v) is 5.67. The van der Waals surface area contributed by atoms with E-state index in [1.54, 1.807) is 0 Å². The summed E-state index contributed by atoms with van der Waals surface area (Å²) in [6, 6.07) is 8.17. The Morgan fingerprint density at radius 3 is 1.05 bits per heavy atom. The second kappa shape index (κ2) is 10.6. The molecule has 0 fully saturated rings. The van der Waals surface area contributed by atoms with Crippen LogP contribution in [0.25, 0.3) is 0 Å². The molecule has 6 heteroatoms. The lowest BCUT2D eigenvalue weighted by atomic mass is 10.4. The van der Waals surface area contributed by atoms with Gasteiger partial charge in [0.2, 0.25) is 16.8 Å². The van der Waals surface area contributed by atoms with Crippen LogP contribution < -0.4 is 10.6 Å². The van der Waals surface area contributed by atoms with Gasteiger partial charge >= 0.3 is 0 Å². The first-order chi connectivity index (χ1) is 9.76. The Kier molecular flexibility index (Phi) is 9.54. The maximum absolute atomic E-state index is 5.65. The average Bonchev–Trinajstić information content (AvgIpc) is 2.47. The van der Waals surface area contributed by atoms with Gasteiger partial charge in [-0.3, -0.25) is 0 Å². The first-order valence-electron chi connectivity index (χ1n) is 6.98. The van der Waals surface area contributed by atoms with Gasteiger partial charge in [0, 0.05) is 10.6 Å². The van der Waals surface area contributed by atoms with Crippen LogP contribution in [0.1, 0.15) is 27.7 Å². The molecule has 0 bridgehead atoms. The van der Waals surface area contributed by atoms with Crippen LogP contribution in [0.15, 0.2) is 24.3 Å². The van der Waals surface area contributed by atoms with E-state index in [0.717, 1.165) is 10.6 Å². The molecule has 0 amide bonds. The van der Waals surface area contributed by atoms with Crippen LogP contribution >= 0.6 is 16.8 Å². The predicted octanol–water partition coefficient (Wildman–Crippen LogP) is 3.71. The van der Waals surface area contributed by atoms with Crippen LogP contribution in [0.4, 0.5) is 0 Å². The quantitative estimate of drug-likeness (QED) is 0.616. The molecule has 0 saturated carbocycles. The number of benzene rings is 1. The Bertz CT molecular complexity index is 312. The molecule has 0 N–H and O–H groups in total. The predicted molar refractivity (Wildman–Crippen MR) is 86.1 cm³/mol. The summed E-state index contributed by atoms with van der Waals surface area (Å²) in [6.45, 7) is 10.5. The molecule has 0 aliphatic heterocycles. The van der Waals surface area contributed by atoms with Crippen LogP contribution in [0.3, 0.4) is 0 Å². The fourth-order valence-electron chi connectivity index (χ4n) is 1.54. The van der Waals surface area contributed by atoms with Gasteiger partial charge in [-0.1, -0.05) is 0 Å². The molecule has 20 heavy (non-hydrogen) atoms. The number of rotatable bonds is 10. The molecule has 0 radical (unpaired) electrons. The van der Waals surface area contributed by atoms with Crippen LogP contribution in [-0.2, 0) is 18.1 Å². The van der Waals surface area contributed by atoms with E-state index in [-0.39, 0.29) is 0 Å². The van der Waals surface area contributed by atoms with Crippen molar-refractivity contribution < 1.29 is 18.1 Å². The van der Waals surface area contributed by atoms with Crippen LogP contribution in [0.5, 0.6) is 0 Å². The van der Waals surface area contributed by atoms with Gasteiger partial charge in [0.05, 0.1) is 26.4 Å². The summed E-state index contributed by atoms with van der Waals surface area (Å²) >= 11 is 0. The average molecular weight is 318 g/mol. The highest BCUT2D eigenvalue weighted by Gasteiger charge is 2.16. The fraction of sp³-hybridized carbons (Fsp3) is 0.571. The number of hydrogen-bond acceptors (Lipinski definition) is 4. The smallest absolute Gasteiger partial charge is 0.205 e. The summed E-state index contributed by atoms with van der Waals surface area (Å²) in [6.07, 6.45) is 0. The molecule has 4 nitrogen and oxygen atoms in total. The number of hydrogen-bond donors (Lipinski definition) is 0. The molecule has 0 aliphatic carbocycles. The van der Waals surface area contributed by atoms with Gasteiger partial charge in [-0.05, 0) is 52.0 Å². The third-order valence-electron chi connectivity index (χ3n) is 2.26. The minimum absolute atomic E-state index is 0.651. The van der Waals surface area contributed by atoms with Crippen molar-refractivity contribution in [2.45, 2.75) is 27.7 Å². The van der Waals surface area contributed by atoms with Crippen molar-refractivity contribution in [1.29, 1.82) is 0 Å². The topological polar surface area (TPSA) is 36.9 Å². The van der Waals surface area contributed by atoms with E-state index >= 15 is 0 Å². The summed E-state index contributed by atoms with van der Waals surface area (Å²) in [5.74, 6) is 0. The van der Waals surface area contributed by atoms with Crippen LogP contribution in [0, 0.1) is 0 Å². The van der Waals surface area contributed by atoms with Crippen molar-refractivity contribution in [3.8, 4) is 0 Å². The molecular formula is C14H24O4P2. The van der Waals surface area contributed by atoms with E-state index in [2.05, 4.69) is 0 Å². The second-order valence-corrected chi connectivity index (χ2v) is 6.80. The highest BCUT2D eigenvalue weighted by molar-refractivity contribution is 7.56. The molecule has 0 saturated heterocycles. The largest absolute Gasteiger partial charge is 0.331 e. The van der Waals surface area contributed by atoms with Gasteiger partial charge < -0.3 is 18.1 Å². The van der Waals surface area contributed by atoms with E-state index in [0.29, 0.717) is 26.4 Å². The van der Waals surface area contributed by atoms with E-state index < -0.39 is 16.8 Å². The van der Waals surface area contributed by atoms with Crippen molar-refractivity contribution in [3.05, 3.63) is 24.3 Å². The van der Waals surface area contributed by atoms with Gasteiger partial charge in [-0.2, -0.15) is 0 Å². The molecular weight excluding hydrogens is 294 g/mol. The Morgan fingerprint density at radius 2 is 0.850 bits per heavy atom. The highest BCUT2D eigenvalue weighted by atomic mass is 31.2. The van der Waals surface area contributed by atoms with E-state index in [9.17, 15) is 0 Å². The summed E-state index contributed by atoms with van der Waals surface area (Å²) in [4.78, 5) is 0. The van der Waals surface area contributed by atoms with Gasteiger partial charge in [-0.15, -0.1) is 0 Å². The van der Waals surface area contributed by atoms with Crippen molar-refractivity contribution >= 4 is 27.4 Å². The van der Waals surface area contributed by atoms with E-state index in [1.807, 2.05) is 52.0 Å². The first kappa shape index (κ1) is 18.0. The SMILES string of the molecule is CCOP(OCC)c1ccc(P(OCC)OCC)cc1. The maximum atomic E-state index is 5.65. The Balaban J connectivity index is 2.79. The lowest BCUT2D eigenvalue weighted by molar-refractivity contribution is 0.276. The van der Waals surface area contributed by atoms with Gasteiger partial charge in [0.1, 0.15) is 0 Å². The zero-order valence-electron chi connectivity index (χ0n) is 12.7. The summed E-state index contributed by atoms with van der Waals surface area (Å²) < 4.78 is 22.6. The summed E-state index contributed by atoms with van der Waals surface area (Å²) in [5, 5.41) is 2.16. The van der Waals surface area contributed by atoms with E-state index in [1.165, 1.54) is 0 Å². The Labute approximate surface area is 124 Å². The minimum atomic E-state index is -0.978. The lowest BCUT2D eigenvalue weighted by Gasteiger charge is -2.18. The molecule has 1 rings (SSSR count). The molecule has 114 valence electrons. The van der Waals surface area contributed by atoms with Gasteiger partial charge in [0.15, 0.2) is 0 Å². The molecule has 0 heterocycles. The van der Waals surface area contributed by atoms with Crippen LogP contribution in [0.2, 0.25) is 0 Å². The minimum Gasteiger partial charge on any atom is -0.331 e. The van der Waals surface area contributed by atoms with Crippen LogP contribution in [-0.4, -0.2) is 26.4 Å². The Morgan fingerprint density at radius 1 is 0.600 bits per heavy atom. The van der Waals surface area contributed by atoms with Crippen molar-refractivity contribution in [2.75, 3.05) is 26.4 Å². The molecule has 0 spiro atoms. The normalized spacial score (nSPS) is 11.5. The van der Waals surface area contributed by atoms with Crippen molar-refractivity contribution in [3.63, 3.8) is 0 Å². The molecule has 1 aromatic carbocycles. The summed E-state index contributed by atoms with van der Waals surface area (Å²) in [7, 11) is -1.96. The zero-order valence-corrected chi connectivity index (χ0v) is 14.5. The van der Waals surface area contributed by atoms with Gasteiger partial charge in [0.25, 0.3) is 0 Å². The second-order valence-electron chi connectivity index (χ2n) is 3.70. The molecule has 0 aliphatic rings. The third kappa shape index (κ3) is 5.73. The van der Waals surface area contributed by atoms with Gasteiger partial charge in [-0.25, -0.2) is 0 Å². The molecule has 0 unspecified atom stereocenters. The lowest BCUT2D eigenvalue weighted by Crippen LogP contribution is -2.12. The monoisotopic (exact) mass is 318 g/mol. The molecule has 1 aromatic rings. The van der Waals surface area contributed by atoms with Crippen molar-refractivity contribution in [2.24, 2.45) is 0 Å². The highest BCUT2D eigenvalue weighted by Crippen LogP contribution is 2.39. The molecule has 0 aromatic heterocycles. The molecule has 0 atom stereocenters. The standard InChI is InChI=1S/C14H24O4P2/c1-5-15-19(16-6-2)13-9-11-14(12-10-13)20(17-7-3)18-8-4/h9-12H,5-8H2,1-4H3. The Hall–Kier alpha value is -0.0800. The fourth-order valence-corrected chi connectivity index (χ4v) is 4.01. The first-order valence-corrected chi connectivity index (χ1v) is 9.34. The summed E-state index contributed by atoms with van der Waals surface area (Å²) in [5.41, 5.74) is 0. The maximum Gasteiger partial charge on any atom is 0.205 e.